The normalized spacial score (nSPS) is 10.7. The average Bonchev–Trinajstić information content (AvgIpc) is 3.01. The van der Waals surface area contributed by atoms with E-state index in [1.165, 1.54) is 29.5 Å². The molecule has 0 aliphatic rings. The number of carbonyl (C=O) groups excluding carboxylic acids is 1. The van der Waals surface area contributed by atoms with Gasteiger partial charge in [-0.25, -0.2) is 23.7 Å². The molecule has 3 aromatic rings. The van der Waals surface area contributed by atoms with Gasteiger partial charge in [0.25, 0.3) is 5.91 Å². The first-order chi connectivity index (χ1) is 12.0. The number of carbonyl (C=O) groups is 1. The minimum Gasteiger partial charge on any atom is -0.352 e. The first kappa shape index (κ1) is 17.1. The summed E-state index contributed by atoms with van der Waals surface area (Å²) in [6, 6.07) is 3.97. The molecule has 0 spiro atoms. The van der Waals surface area contributed by atoms with Crippen LogP contribution in [0.2, 0.25) is 0 Å². The Morgan fingerprint density at radius 3 is 2.64 bits per heavy atom. The quantitative estimate of drug-likeness (QED) is 0.759. The molecule has 2 heterocycles. The van der Waals surface area contributed by atoms with Gasteiger partial charge in [0.05, 0.1) is 29.2 Å². The fraction of sp³-hybridized carbons (Fsp3) is 0.176. The molecule has 0 unspecified atom stereocenters. The van der Waals surface area contributed by atoms with Gasteiger partial charge in [0, 0.05) is 23.4 Å². The van der Waals surface area contributed by atoms with Crippen molar-refractivity contribution in [3.8, 4) is 11.4 Å². The summed E-state index contributed by atoms with van der Waals surface area (Å²) in [4.78, 5) is 25.2. The Bertz CT molecular complexity index is 896. The minimum atomic E-state index is -0.641. The number of hydrogen-bond donors (Lipinski definition) is 1. The van der Waals surface area contributed by atoms with E-state index in [1.54, 1.807) is 5.51 Å². The summed E-state index contributed by atoms with van der Waals surface area (Å²) >= 11 is 1.52. The first-order valence-corrected chi connectivity index (χ1v) is 8.37. The van der Waals surface area contributed by atoms with Crippen LogP contribution in [0.3, 0.4) is 0 Å². The van der Waals surface area contributed by atoms with E-state index in [2.05, 4.69) is 20.3 Å². The summed E-state index contributed by atoms with van der Waals surface area (Å²) in [6.07, 6.45) is 2.66. The second-order valence-corrected chi connectivity index (χ2v) is 6.23. The van der Waals surface area contributed by atoms with Crippen LogP contribution in [0, 0.1) is 18.6 Å². The highest BCUT2D eigenvalue weighted by atomic mass is 32.1. The number of nitrogens with zero attached hydrogens (tertiary/aromatic N) is 3. The molecular formula is C17H14F2N4OS. The van der Waals surface area contributed by atoms with E-state index in [0.717, 1.165) is 23.0 Å². The molecule has 5 nitrogen and oxygen atoms in total. The van der Waals surface area contributed by atoms with Crippen LogP contribution in [0.15, 0.2) is 36.1 Å². The van der Waals surface area contributed by atoms with Crippen LogP contribution >= 0.6 is 11.3 Å². The number of nitrogens with one attached hydrogen (secondary N) is 1. The smallest absolute Gasteiger partial charge is 0.254 e. The lowest BCUT2D eigenvalue weighted by atomic mass is 10.1. The number of benzene rings is 1. The van der Waals surface area contributed by atoms with Crippen LogP contribution in [0.1, 0.15) is 20.9 Å². The highest BCUT2D eigenvalue weighted by Gasteiger charge is 2.14. The van der Waals surface area contributed by atoms with E-state index in [4.69, 9.17) is 0 Å². The Kier molecular flexibility index (Phi) is 5.08. The van der Waals surface area contributed by atoms with Crippen LogP contribution in [-0.2, 0) is 6.42 Å². The van der Waals surface area contributed by atoms with Crippen molar-refractivity contribution < 1.29 is 13.6 Å². The van der Waals surface area contributed by atoms with Crippen molar-refractivity contribution in [1.82, 2.24) is 20.3 Å². The van der Waals surface area contributed by atoms with Crippen molar-refractivity contribution in [1.29, 1.82) is 0 Å². The monoisotopic (exact) mass is 360 g/mol. The van der Waals surface area contributed by atoms with Crippen LogP contribution in [0.5, 0.6) is 0 Å². The number of amides is 1. The number of aryl methyl sites for hydroxylation is 1. The van der Waals surface area contributed by atoms with Crippen LogP contribution in [0.25, 0.3) is 11.4 Å². The topological polar surface area (TPSA) is 67.8 Å². The maximum absolute atomic E-state index is 14.0. The predicted molar refractivity (Wildman–Crippen MR) is 90.3 cm³/mol. The molecule has 3 rings (SSSR count). The Morgan fingerprint density at radius 1 is 1.20 bits per heavy atom. The summed E-state index contributed by atoms with van der Waals surface area (Å²) < 4.78 is 26.9. The molecule has 0 saturated heterocycles. The largest absolute Gasteiger partial charge is 0.352 e. The summed E-state index contributed by atoms with van der Waals surface area (Å²) in [6.45, 7) is 2.28. The third kappa shape index (κ3) is 4.03. The standard InChI is InChI=1S/C17H14F2N4OS/c1-10-15(25-9-23-10)4-5-20-17(24)13-6-11(2-3-14(13)19)16-21-7-12(18)8-22-16/h2-3,6-9H,4-5H2,1H3,(H,20,24). The highest BCUT2D eigenvalue weighted by Crippen LogP contribution is 2.19. The predicted octanol–water partition coefficient (Wildman–Crippen LogP) is 3.16. The first-order valence-electron chi connectivity index (χ1n) is 7.49. The molecule has 128 valence electrons. The fourth-order valence-electron chi connectivity index (χ4n) is 2.25. The molecule has 1 N–H and O–H groups in total. The molecule has 0 aliphatic heterocycles. The van der Waals surface area contributed by atoms with Crippen LogP contribution in [-0.4, -0.2) is 27.4 Å². The van der Waals surface area contributed by atoms with Crippen LogP contribution in [0.4, 0.5) is 8.78 Å². The van der Waals surface area contributed by atoms with Gasteiger partial charge in [-0.15, -0.1) is 11.3 Å². The van der Waals surface area contributed by atoms with Gasteiger partial charge in [-0.3, -0.25) is 4.79 Å². The van der Waals surface area contributed by atoms with E-state index in [0.29, 0.717) is 18.5 Å². The molecule has 0 radical (unpaired) electrons. The van der Waals surface area contributed by atoms with Gasteiger partial charge in [0.2, 0.25) is 0 Å². The summed E-state index contributed by atoms with van der Waals surface area (Å²) in [5.74, 6) is -1.51. The van der Waals surface area contributed by atoms with Gasteiger partial charge >= 0.3 is 0 Å². The number of halogens is 2. The van der Waals surface area contributed by atoms with Crippen molar-refractivity contribution in [3.05, 3.63) is 63.9 Å². The zero-order valence-corrected chi connectivity index (χ0v) is 14.1. The number of thiazole rings is 1. The Hall–Kier alpha value is -2.74. The van der Waals surface area contributed by atoms with Crippen molar-refractivity contribution in [2.24, 2.45) is 0 Å². The van der Waals surface area contributed by atoms with E-state index in [1.807, 2.05) is 6.92 Å². The molecule has 0 aliphatic carbocycles. The minimum absolute atomic E-state index is 0.105. The molecule has 0 bridgehead atoms. The van der Waals surface area contributed by atoms with Crippen molar-refractivity contribution in [2.75, 3.05) is 6.54 Å². The molecule has 1 aromatic carbocycles. The summed E-state index contributed by atoms with van der Waals surface area (Å²) in [5.41, 5.74) is 3.01. The summed E-state index contributed by atoms with van der Waals surface area (Å²) in [7, 11) is 0. The van der Waals surface area contributed by atoms with Gasteiger partial charge < -0.3 is 5.32 Å². The van der Waals surface area contributed by atoms with Crippen LogP contribution < -0.4 is 5.32 Å². The van der Waals surface area contributed by atoms with Gasteiger partial charge in [-0.1, -0.05) is 0 Å². The lowest BCUT2D eigenvalue weighted by molar-refractivity contribution is 0.0950. The summed E-state index contributed by atoms with van der Waals surface area (Å²) in [5, 5.41) is 2.69. The van der Waals surface area contributed by atoms with Gasteiger partial charge in [0.1, 0.15) is 5.82 Å². The molecule has 0 atom stereocenters. The lowest BCUT2D eigenvalue weighted by Crippen LogP contribution is -2.26. The molecule has 0 saturated carbocycles. The number of aromatic nitrogens is 3. The molecule has 2 aromatic heterocycles. The number of rotatable bonds is 5. The van der Waals surface area contributed by atoms with Gasteiger partial charge in [-0.2, -0.15) is 0 Å². The molecule has 1 amide bonds. The lowest BCUT2D eigenvalue weighted by Gasteiger charge is -2.08. The van der Waals surface area contributed by atoms with E-state index >= 15 is 0 Å². The van der Waals surface area contributed by atoms with Crippen molar-refractivity contribution in [2.45, 2.75) is 13.3 Å². The van der Waals surface area contributed by atoms with Gasteiger partial charge in [-0.05, 0) is 25.1 Å². The third-order valence-corrected chi connectivity index (χ3v) is 4.57. The Morgan fingerprint density at radius 2 is 1.96 bits per heavy atom. The SMILES string of the molecule is Cc1ncsc1CCNC(=O)c1cc(-c2ncc(F)cn2)ccc1F. The zero-order valence-electron chi connectivity index (χ0n) is 13.3. The van der Waals surface area contributed by atoms with E-state index in [9.17, 15) is 13.6 Å². The second-order valence-electron chi connectivity index (χ2n) is 5.29. The van der Waals surface area contributed by atoms with E-state index < -0.39 is 17.5 Å². The maximum atomic E-state index is 14.0. The average molecular weight is 360 g/mol. The second kappa shape index (κ2) is 7.43. The molecule has 8 heteroatoms. The highest BCUT2D eigenvalue weighted by molar-refractivity contribution is 7.09. The number of hydrogen-bond acceptors (Lipinski definition) is 5. The zero-order chi connectivity index (χ0) is 17.8. The fourth-order valence-corrected chi connectivity index (χ4v) is 3.03. The van der Waals surface area contributed by atoms with E-state index in [-0.39, 0.29) is 11.4 Å². The Labute approximate surface area is 146 Å². The maximum Gasteiger partial charge on any atom is 0.254 e. The van der Waals surface area contributed by atoms with Gasteiger partial charge in [0.15, 0.2) is 11.6 Å². The Balaban J connectivity index is 1.72. The third-order valence-electron chi connectivity index (χ3n) is 3.57. The molecule has 25 heavy (non-hydrogen) atoms. The molecule has 0 fully saturated rings. The van der Waals surface area contributed by atoms with Crippen molar-refractivity contribution in [3.63, 3.8) is 0 Å². The van der Waals surface area contributed by atoms with Crippen molar-refractivity contribution >= 4 is 17.2 Å². The molecular weight excluding hydrogens is 346 g/mol.